The summed E-state index contributed by atoms with van der Waals surface area (Å²) < 4.78 is 5.15. The monoisotopic (exact) mass is 231 g/mol. The first kappa shape index (κ1) is 11.2. The maximum absolute atomic E-state index is 11.7. The second-order valence-electron chi connectivity index (χ2n) is 3.56. The van der Waals surface area contributed by atoms with Crippen molar-refractivity contribution in [2.24, 2.45) is 0 Å². The van der Waals surface area contributed by atoms with Gasteiger partial charge in [-0.1, -0.05) is 0 Å². The van der Waals surface area contributed by atoms with E-state index < -0.39 is 0 Å². The van der Waals surface area contributed by atoms with E-state index >= 15 is 0 Å². The van der Waals surface area contributed by atoms with Gasteiger partial charge in [-0.2, -0.15) is 0 Å². The molecule has 0 aliphatic heterocycles. The zero-order valence-electron chi connectivity index (χ0n) is 9.22. The van der Waals surface area contributed by atoms with E-state index in [4.69, 9.17) is 10.2 Å². The Hall–Kier alpha value is -2.30. The molecule has 0 fully saturated rings. The molecule has 0 unspecified atom stereocenters. The Bertz CT molecular complexity index is 494. The number of nitrogens with zero attached hydrogens (tertiary/aromatic N) is 1. The molecule has 0 saturated carbocycles. The van der Waals surface area contributed by atoms with E-state index in [-0.39, 0.29) is 5.91 Å². The molecule has 2 aromatic rings. The van der Waals surface area contributed by atoms with Gasteiger partial charge in [-0.05, 0) is 24.3 Å². The molecule has 0 spiro atoms. The highest BCUT2D eigenvalue weighted by Crippen LogP contribution is 2.03. The summed E-state index contributed by atoms with van der Waals surface area (Å²) in [6, 6.07) is 6.86. The largest absolute Gasteiger partial charge is 0.469 e. The molecule has 2 heterocycles. The number of hydrogen-bond donors (Lipinski definition) is 2. The lowest BCUT2D eigenvalue weighted by atomic mass is 10.3. The summed E-state index contributed by atoms with van der Waals surface area (Å²) >= 11 is 0. The minimum Gasteiger partial charge on any atom is -0.469 e. The summed E-state index contributed by atoms with van der Waals surface area (Å²) in [5, 5.41) is 2.75. The Morgan fingerprint density at radius 2 is 2.35 bits per heavy atom. The molecule has 0 radical (unpaired) electrons. The number of amides is 1. The molecule has 0 aromatic carbocycles. The van der Waals surface area contributed by atoms with E-state index in [1.54, 1.807) is 18.4 Å². The fourth-order valence-corrected chi connectivity index (χ4v) is 1.42. The summed E-state index contributed by atoms with van der Waals surface area (Å²) in [6.07, 6.45) is 3.77. The smallest absolute Gasteiger partial charge is 0.269 e. The molecule has 88 valence electrons. The highest BCUT2D eigenvalue weighted by atomic mass is 16.3. The van der Waals surface area contributed by atoms with E-state index in [0.29, 0.717) is 24.3 Å². The summed E-state index contributed by atoms with van der Waals surface area (Å²) in [6.45, 7) is 0.503. The van der Waals surface area contributed by atoms with Crippen molar-refractivity contribution < 1.29 is 9.21 Å². The van der Waals surface area contributed by atoms with E-state index in [2.05, 4.69) is 10.3 Å². The van der Waals surface area contributed by atoms with E-state index in [1.165, 1.54) is 6.20 Å². The maximum Gasteiger partial charge on any atom is 0.269 e. The number of nitrogens with one attached hydrogen (secondary N) is 1. The highest BCUT2D eigenvalue weighted by molar-refractivity contribution is 5.92. The standard InChI is InChI=1S/C12H13N3O2/c13-9-3-5-14-11(8-9)12(16)15-6-4-10-2-1-7-17-10/h1-3,5,7-8H,4,6H2,(H2,13,14)(H,15,16). The minimum atomic E-state index is -0.233. The summed E-state index contributed by atoms with van der Waals surface area (Å²) in [5.41, 5.74) is 6.42. The van der Waals surface area contributed by atoms with Crippen molar-refractivity contribution in [3.8, 4) is 0 Å². The van der Waals surface area contributed by atoms with Crippen molar-refractivity contribution in [1.29, 1.82) is 0 Å². The van der Waals surface area contributed by atoms with Gasteiger partial charge < -0.3 is 15.5 Å². The predicted molar refractivity (Wildman–Crippen MR) is 63.4 cm³/mol. The average molecular weight is 231 g/mol. The number of carbonyl (C=O) groups is 1. The average Bonchev–Trinajstić information content (AvgIpc) is 2.82. The number of rotatable bonds is 4. The first-order valence-electron chi connectivity index (χ1n) is 5.28. The van der Waals surface area contributed by atoms with Crippen molar-refractivity contribution >= 4 is 11.6 Å². The van der Waals surface area contributed by atoms with Crippen LogP contribution in [0.3, 0.4) is 0 Å². The molecule has 1 amide bonds. The zero-order chi connectivity index (χ0) is 12.1. The number of pyridine rings is 1. The summed E-state index contributed by atoms with van der Waals surface area (Å²) in [4.78, 5) is 15.6. The third-order valence-electron chi connectivity index (χ3n) is 2.25. The van der Waals surface area contributed by atoms with Crippen LogP contribution in [0.1, 0.15) is 16.2 Å². The molecule has 0 aliphatic carbocycles. The van der Waals surface area contributed by atoms with Gasteiger partial charge in [0.25, 0.3) is 5.91 Å². The number of aromatic nitrogens is 1. The Morgan fingerprint density at radius 1 is 1.47 bits per heavy atom. The molecule has 3 N–H and O–H groups in total. The third-order valence-corrected chi connectivity index (χ3v) is 2.25. The molecule has 2 aromatic heterocycles. The van der Waals surface area contributed by atoms with Crippen molar-refractivity contribution in [1.82, 2.24) is 10.3 Å². The van der Waals surface area contributed by atoms with Crippen molar-refractivity contribution in [3.63, 3.8) is 0 Å². The highest BCUT2D eigenvalue weighted by Gasteiger charge is 2.06. The number of nitrogens with two attached hydrogens (primary N) is 1. The first-order valence-corrected chi connectivity index (χ1v) is 5.28. The molecule has 5 heteroatoms. The Balaban J connectivity index is 1.85. The topological polar surface area (TPSA) is 81.1 Å². The van der Waals surface area contributed by atoms with Gasteiger partial charge in [0.05, 0.1) is 6.26 Å². The number of hydrogen-bond acceptors (Lipinski definition) is 4. The Kier molecular flexibility index (Phi) is 3.40. The van der Waals surface area contributed by atoms with E-state index in [9.17, 15) is 4.79 Å². The molecule has 0 saturated heterocycles. The zero-order valence-corrected chi connectivity index (χ0v) is 9.22. The fraction of sp³-hybridized carbons (Fsp3) is 0.167. The van der Waals surface area contributed by atoms with Crippen LogP contribution in [0.4, 0.5) is 5.69 Å². The van der Waals surface area contributed by atoms with Crippen LogP contribution in [0, 0.1) is 0 Å². The molecule has 0 aliphatic rings. The van der Waals surface area contributed by atoms with Crippen molar-refractivity contribution in [2.75, 3.05) is 12.3 Å². The number of anilines is 1. The lowest BCUT2D eigenvalue weighted by molar-refractivity contribution is 0.0949. The Labute approximate surface area is 98.6 Å². The SMILES string of the molecule is Nc1ccnc(C(=O)NCCc2ccco2)c1. The number of carbonyl (C=O) groups excluding carboxylic acids is 1. The molecule has 0 bridgehead atoms. The van der Waals surface area contributed by atoms with Gasteiger partial charge in [-0.3, -0.25) is 9.78 Å². The molecule has 2 rings (SSSR count). The van der Waals surface area contributed by atoms with Crippen LogP contribution < -0.4 is 11.1 Å². The van der Waals surface area contributed by atoms with E-state index in [1.807, 2.05) is 12.1 Å². The van der Waals surface area contributed by atoms with Gasteiger partial charge >= 0.3 is 0 Å². The maximum atomic E-state index is 11.7. The second kappa shape index (κ2) is 5.16. The van der Waals surface area contributed by atoms with Crippen LogP contribution in [-0.4, -0.2) is 17.4 Å². The van der Waals surface area contributed by atoms with Crippen LogP contribution in [0.15, 0.2) is 41.1 Å². The lowest BCUT2D eigenvalue weighted by Gasteiger charge is -2.03. The fourth-order valence-electron chi connectivity index (χ4n) is 1.42. The van der Waals surface area contributed by atoms with Crippen LogP contribution in [-0.2, 0) is 6.42 Å². The molecular formula is C12H13N3O2. The van der Waals surface area contributed by atoms with Gasteiger partial charge in [0.1, 0.15) is 11.5 Å². The van der Waals surface area contributed by atoms with Crippen LogP contribution in [0.25, 0.3) is 0 Å². The van der Waals surface area contributed by atoms with Gasteiger partial charge in [-0.15, -0.1) is 0 Å². The van der Waals surface area contributed by atoms with Gasteiger partial charge in [0.15, 0.2) is 0 Å². The van der Waals surface area contributed by atoms with Crippen molar-refractivity contribution in [3.05, 3.63) is 48.2 Å². The molecule has 17 heavy (non-hydrogen) atoms. The predicted octanol–water partition coefficient (Wildman–Crippen LogP) is 1.23. The van der Waals surface area contributed by atoms with Gasteiger partial charge in [0, 0.05) is 24.8 Å². The number of furan rings is 1. The third kappa shape index (κ3) is 3.07. The second-order valence-corrected chi connectivity index (χ2v) is 3.56. The Morgan fingerprint density at radius 3 is 3.06 bits per heavy atom. The van der Waals surface area contributed by atoms with Gasteiger partial charge in [0.2, 0.25) is 0 Å². The molecule has 0 atom stereocenters. The summed E-state index contributed by atoms with van der Waals surface area (Å²) in [7, 11) is 0. The summed E-state index contributed by atoms with van der Waals surface area (Å²) in [5.74, 6) is 0.606. The van der Waals surface area contributed by atoms with Crippen LogP contribution in [0.5, 0.6) is 0 Å². The minimum absolute atomic E-state index is 0.233. The normalized spacial score (nSPS) is 10.1. The quantitative estimate of drug-likeness (QED) is 0.829. The first-order chi connectivity index (χ1) is 8.25. The van der Waals surface area contributed by atoms with E-state index in [0.717, 1.165) is 5.76 Å². The lowest BCUT2D eigenvalue weighted by Crippen LogP contribution is -2.26. The molecule has 5 nitrogen and oxygen atoms in total. The number of nitrogen functional groups attached to an aromatic ring is 1. The molecular weight excluding hydrogens is 218 g/mol. The van der Waals surface area contributed by atoms with Crippen LogP contribution >= 0.6 is 0 Å². The van der Waals surface area contributed by atoms with Gasteiger partial charge in [-0.25, -0.2) is 0 Å². The van der Waals surface area contributed by atoms with Crippen LogP contribution in [0.2, 0.25) is 0 Å². The van der Waals surface area contributed by atoms with Crippen molar-refractivity contribution in [2.45, 2.75) is 6.42 Å².